The molecule has 2 N–H and O–H groups in total. The Balaban J connectivity index is 1.34. The summed E-state index contributed by atoms with van der Waals surface area (Å²) in [7, 11) is 0. The molecule has 5 rings (SSSR count). The summed E-state index contributed by atoms with van der Waals surface area (Å²) in [6, 6.07) is 20.5. The van der Waals surface area contributed by atoms with Gasteiger partial charge in [-0.25, -0.2) is 9.78 Å². The standard InChI is InChI=1S/C28H27F3N4O/c29-28(30,31)26-34-24-17-21(13-16-25(24)35(26)23-9-5-2-6-10-23)20-11-14-22(15-12-20)33-27(36)32-18-19-7-3-1-4-8-19/h2,5-6,9-17,19H,1,3-4,7-8,18H2,(H2,32,33,36). The largest absolute Gasteiger partial charge is 0.450 e. The number of fused-ring (bicyclic) bond motifs is 1. The van der Waals surface area contributed by atoms with E-state index in [0.29, 0.717) is 29.4 Å². The number of hydrogen-bond donors (Lipinski definition) is 2. The molecule has 3 aromatic carbocycles. The molecule has 1 heterocycles. The molecule has 1 fully saturated rings. The SMILES string of the molecule is O=C(NCC1CCCCC1)Nc1ccc(-c2ccc3c(c2)nc(C(F)(F)F)n3-c2ccccc2)cc1. The number of anilines is 1. The highest BCUT2D eigenvalue weighted by Gasteiger charge is 2.38. The Morgan fingerprint density at radius 1 is 0.917 bits per heavy atom. The summed E-state index contributed by atoms with van der Waals surface area (Å²) in [4.78, 5) is 16.2. The van der Waals surface area contributed by atoms with Gasteiger partial charge < -0.3 is 10.6 Å². The molecule has 0 saturated heterocycles. The van der Waals surface area contributed by atoms with Crippen LogP contribution in [0.25, 0.3) is 27.8 Å². The van der Waals surface area contributed by atoms with E-state index in [1.165, 1.54) is 19.3 Å². The number of halogens is 3. The van der Waals surface area contributed by atoms with Gasteiger partial charge in [-0.15, -0.1) is 0 Å². The Morgan fingerprint density at radius 2 is 1.61 bits per heavy atom. The van der Waals surface area contributed by atoms with Gasteiger partial charge in [-0.2, -0.15) is 13.2 Å². The summed E-state index contributed by atoms with van der Waals surface area (Å²) in [5.41, 5.74) is 3.24. The predicted molar refractivity (Wildman–Crippen MR) is 135 cm³/mol. The quantitative estimate of drug-likeness (QED) is 0.305. The van der Waals surface area contributed by atoms with E-state index >= 15 is 0 Å². The van der Waals surface area contributed by atoms with E-state index in [0.717, 1.165) is 28.5 Å². The van der Waals surface area contributed by atoms with Gasteiger partial charge in [0.1, 0.15) is 0 Å². The maximum absolute atomic E-state index is 13.8. The van der Waals surface area contributed by atoms with Crippen LogP contribution in [-0.4, -0.2) is 22.1 Å². The van der Waals surface area contributed by atoms with E-state index < -0.39 is 12.0 Å². The van der Waals surface area contributed by atoms with Crippen molar-refractivity contribution in [1.29, 1.82) is 0 Å². The van der Waals surface area contributed by atoms with Gasteiger partial charge in [0.05, 0.1) is 11.0 Å². The van der Waals surface area contributed by atoms with Crippen LogP contribution in [0.4, 0.5) is 23.7 Å². The highest BCUT2D eigenvalue weighted by atomic mass is 19.4. The lowest BCUT2D eigenvalue weighted by Crippen LogP contribution is -2.33. The van der Waals surface area contributed by atoms with Gasteiger partial charge >= 0.3 is 12.2 Å². The highest BCUT2D eigenvalue weighted by Crippen LogP contribution is 2.35. The number of nitrogens with one attached hydrogen (secondary N) is 2. The molecule has 0 radical (unpaired) electrons. The van der Waals surface area contributed by atoms with Crippen LogP contribution in [0.3, 0.4) is 0 Å². The lowest BCUT2D eigenvalue weighted by Gasteiger charge is -2.21. The van der Waals surface area contributed by atoms with Gasteiger partial charge in [0.2, 0.25) is 5.82 Å². The van der Waals surface area contributed by atoms with Crippen LogP contribution in [0.2, 0.25) is 0 Å². The Hall–Kier alpha value is -3.81. The zero-order chi connectivity index (χ0) is 25.1. The molecule has 1 aromatic heterocycles. The van der Waals surface area contributed by atoms with Gasteiger partial charge in [0, 0.05) is 17.9 Å². The molecule has 4 aromatic rings. The molecule has 0 aliphatic heterocycles. The van der Waals surface area contributed by atoms with E-state index in [4.69, 9.17) is 0 Å². The van der Waals surface area contributed by atoms with Crippen molar-refractivity contribution < 1.29 is 18.0 Å². The second-order valence-corrected chi connectivity index (χ2v) is 9.22. The second kappa shape index (κ2) is 10.0. The minimum absolute atomic E-state index is 0.235. The van der Waals surface area contributed by atoms with Crippen molar-refractivity contribution in [2.24, 2.45) is 5.92 Å². The van der Waals surface area contributed by atoms with Crippen molar-refractivity contribution in [2.45, 2.75) is 38.3 Å². The average molecular weight is 493 g/mol. The molecule has 2 amide bonds. The van der Waals surface area contributed by atoms with Crippen LogP contribution < -0.4 is 10.6 Å². The van der Waals surface area contributed by atoms with E-state index in [9.17, 15) is 18.0 Å². The Morgan fingerprint density at radius 3 is 2.31 bits per heavy atom. The molecule has 186 valence electrons. The fourth-order valence-electron chi connectivity index (χ4n) is 4.84. The third-order valence-electron chi connectivity index (χ3n) is 6.67. The third-order valence-corrected chi connectivity index (χ3v) is 6.67. The van der Waals surface area contributed by atoms with Crippen molar-refractivity contribution in [3.05, 3.63) is 78.6 Å². The normalized spacial score (nSPS) is 14.6. The lowest BCUT2D eigenvalue weighted by atomic mass is 9.89. The van der Waals surface area contributed by atoms with Gasteiger partial charge in [-0.05, 0) is 66.3 Å². The first-order valence-electron chi connectivity index (χ1n) is 12.2. The van der Waals surface area contributed by atoms with Gasteiger partial charge in [0.25, 0.3) is 0 Å². The Bertz CT molecular complexity index is 1340. The number of para-hydroxylation sites is 1. The van der Waals surface area contributed by atoms with Crippen LogP contribution in [0.1, 0.15) is 37.9 Å². The van der Waals surface area contributed by atoms with Crippen molar-refractivity contribution in [2.75, 3.05) is 11.9 Å². The monoisotopic (exact) mass is 492 g/mol. The number of benzene rings is 3. The minimum Gasteiger partial charge on any atom is -0.338 e. The first-order valence-corrected chi connectivity index (χ1v) is 12.2. The van der Waals surface area contributed by atoms with E-state index in [1.54, 1.807) is 60.7 Å². The summed E-state index contributed by atoms with van der Waals surface area (Å²) in [5.74, 6) is -0.412. The fourth-order valence-corrected chi connectivity index (χ4v) is 4.84. The van der Waals surface area contributed by atoms with Crippen molar-refractivity contribution >= 4 is 22.8 Å². The van der Waals surface area contributed by atoms with Gasteiger partial charge in [-0.1, -0.05) is 55.7 Å². The molecule has 5 nitrogen and oxygen atoms in total. The summed E-state index contributed by atoms with van der Waals surface area (Å²) in [6.45, 7) is 0.680. The maximum Gasteiger partial charge on any atom is 0.450 e. The number of hydrogen-bond acceptors (Lipinski definition) is 2. The van der Waals surface area contributed by atoms with E-state index in [-0.39, 0.29) is 11.5 Å². The van der Waals surface area contributed by atoms with Crippen LogP contribution in [-0.2, 0) is 6.18 Å². The highest BCUT2D eigenvalue weighted by molar-refractivity contribution is 5.90. The number of aromatic nitrogens is 2. The topological polar surface area (TPSA) is 59.0 Å². The Kier molecular flexibility index (Phi) is 6.67. The number of urea groups is 1. The molecule has 8 heteroatoms. The number of rotatable bonds is 5. The fraction of sp³-hybridized carbons (Fsp3) is 0.286. The molecule has 1 saturated carbocycles. The predicted octanol–water partition coefficient (Wildman–Crippen LogP) is 7.41. The molecule has 1 aliphatic carbocycles. The third kappa shape index (κ3) is 5.22. The van der Waals surface area contributed by atoms with Crippen molar-refractivity contribution in [3.63, 3.8) is 0 Å². The summed E-state index contributed by atoms with van der Waals surface area (Å²) < 4.78 is 42.5. The summed E-state index contributed by atoms with van der Waals surface area (Å²) >= 11 is 0. The smallest absolute Gasteiger partial charge is 0.338 e. The van der Waals surface area contributed by atoms with Gasteiger partial charge in [-0.3, -0.25) is 4.57 Å². The van der Waals surface area contributed by atoms with Crippen LogP contribution in [0.15, 0.2) is 72.8 Å². The second-order valence-electron chi connectivity index (χ2n) is 9.22. The molecule has 0 unspecified atom stereocenters. The number of amides is 2. The summed E-state index contributed by atoms with van der Waals surface area (Å²) in [6.07, 6.45) is 1.46. The zero-order valence-electron chi connectivity index (χ0n) is 19.7. The number of carbonyl (C=O) groups excluding carboxylic acids is 1. The lowest BCUT2D eigenvalue weighted by molar-refractivity contribution is -0.145. The van der Waals surface area contributed by atoms with Crippen molar-refractivity contribution in [3.8, 4) is 16.8 Å². The Labute approximate surface area is 207 Å². The molecule has 1 aliphatic rings. The molecule has 0 spiro atoms. The van der Waals surface area contributed by atoms with E-state index in [2.05, 4.69) is 15.6 Å². The number of carbonyl (C=O) groups is 1. The molecular formula is C28H27F3N4O. The van der Waals surface area contributed by atoms with Gasteiger partial charge in [0.15, 0.2) is 0 Å². The summed E-state index contributed by atoms with van der Waals surface area (Å²) in [5, 5.41) is 5.79. The number of nitrogens with zero attached hydrogens (tertiary/aromatic N) is 2. The number of alkyl halides is 3. The van der Waals surface area contributed by atoms with Crippen LogP contribution >= 0.6 is 0 Å². The number of imidazole rings is 1. The van der Waals surface area contributed by atoms with Crippen molar-refractivity contribution in [1.82, 2.24) is 14.9 Å². The average Bonchev–Trinajstić information content (AvgIpc) is 3.29. The molecule has 36 heavy (non-hydrogen) atoms. The maximum atomic E-state index is 13.8. The van der Waals surface area contributed by atoms with Crippen LogP contribution in [0.5, 0.6) is 0 Å². The first-order chi connectivity index (χ1) is 17.4. The van der Waals surface area contributed by atoms with E-state index in [1.807, 2.05) is 12.1 Å². The minimum atomic E-state index is -4.60. The first kappa shape index (κ1) is 23.9. The molecular weight excluding hydrogens is 465 g/mol. The molecule has 0 atom stereocenters. The van der Waals surface area contributed by atoms with Crippen LogP contribution in [0, 0.1) is 5.92 Å². The molecule has 0 bridgehead atoms. The zero-order valence-corrected chi connectivity index (χ0v) is 19.7.